The number of nitrogens with one attached hydrogen (secondary N) is 1. The molecule has 3 aromatic carbocycles. The summed E-state index contributed by atoms with van der Waals surface area (Å²) in [6.07, 6.45) is 1.68. The Bertz CT molecular complexity index is 1360. The summed E-state index contributed by atoms with van der Waals surface area (Å²) < 4.78 is 11.8. The monoisotopic (exact) mass is 481 g/mol. The molecule has 0 atom stereocenters. The molecular formula is C28H23N3O3S. The SMILES string of the molecule is CCOc1cc(/C=C2/C(=N)N3C(c4ccccc4)=CSC3=NC2=O)ccc1OCc1ccccc1. The molecule has 0 saturated heterocycles. The summed E-state index contributed by atoms with van der Waals surface area (Å²) in [4.78, 5) is 18.8. The summed E-state index contributed by atoms with van der Waals surface area (Å²) in [6.45, 7) is 2.80. The number of carbonyl (C=O) groups excluding carboxylic acids is 1. The predicted molar refractivity (Wildman–Crippen MR) is 140 cm³/mol. The van der Waals surface area contributed by atoms with Crippen LogP contribution < -0.4 is 9.47 Å². The van der Waals surface area contributed by atoms with E-state index in [-0.39, 0.29) is 11.4 Å². The van der Waals surface area contributed by atoms with Gasteiger partial charge in [0.2, 0.25) is 0 Å². The van der Waals surface area contributed by atoms with E-state index in [9.17, 15) is 4.79 Å². The van der Waals surface area contributed by atoms with E-state index in [1.165, 1.54) is 11.8 Å². The van der Waals surface area contributed by atoms with Crippen molar-refractivity contribution in [1.82, 2.24) is 4.90 Å². The highest BCUT2D eigenvalue weighted by Crippen LogP contribution is 2.38. The van der Waals surface area contributed by atoms with Crippen LogP contribution >= 0.6 is 11.8 Å². The van der Waals surface area contributed by atoms with Crippen LogP contribution in [0.2, 0.25) is 0 Å². The lowest BCUT2D eigenvalue weighted by atomic mass is 10.1. The molecule has 0 fully saturated rings. The van der Waals surface area contributed by atoms with Gasteiger partial charge in [-0.25, -0.2) is 0 Å². The number of hydrogen-bond acceptors (Lipinski definition) is 5. The Kier molecular flexibility index (Phi) is 6.50. The fraction of sp³-hybridized carbons (Fsp3) is 0.107. The number of amides is 1. The fourth-order valence-electron chi connectivity index (χ4n) is 3.82. The molecule has 0 radical (unpaired) electrons. The van der Waals surface area contributed by atoms with Crippen molar-refractivity contribution < 1.29 is 14.3 Å². The summed E-state index contributed by atoms with van der Waals surface area (Å²) in [7, 11) is 0. The Morgan fingerprint density at radius 2 is 1.71 bits per heavy atom. The standard InChI is InChI=1S/C28H23N3O3S/c1-2-33-25-16-20(13-14-24(25)34-17-19-9-5-3-6-10-19)15-22-26(29)31-23(21-11-7-4-8-12-21)18-35-28(31)30-27(22)32/h3-16,18,29H,2,17H2,1H3/b22-15-,29-26?. The minimum atomic E-state index is -0.432. The molecule has 0 saturated carbocycles. The molecule has 1 N–H and O–H groups in total. The third-order valence-corrected chi connectivity index (χ3v) is 6.33. The van der Waals surface area contributed by atoms with Crippen molar-refractivity contribution in [3.05, 3.63) is 107 Å². The van der Waals surface area contributed by atoms with Gasteiger partial charge in [-0.1, -0.05) is 78.5 Å². The molecule has 7 heteroatoms. The summed E-state index contributed by atoms with van der Waals surface area (Å²) in [5.41, 5.74) is 3.80. The Labute approximate surface area is 208 Å². The van der Waals surface area contributed by atoms with Gasteiger partial charge < -0.3 is 9.47 Å². The average molecular weight is 482 g/mol. The maximum atomic E-state index is 12.8. The molecule has 0 spiro atoms. The van der Waals surface area contributed by atoms with Crippen molar-refractivity contribution in [1.29, 1.82) is 5.41 Å². The van der Waals surface area contributed by atoms with E-state index >= 15 is 0 Å². The van der Waals surface area contributed by atoms with Crippen LogP contribution in [0.25, 0.3) is 11.8 Å². The number of fused-ring (bicyclic) bond motifs is 1. The summed E-state index contributed by atoms with van der Waals surface area (Å²) >= 11 is 1.35. The topological polar surface area (TPSA) is 75.0 Å². The Morgan fingerprint density at radius 3 is 2.46 bits per heavy atom. The lowest BCUT2D eigenvalue weighted by Crippen LogP contribution is -2.38. The maximum Gasteiger partial charge on any atom is 0.283 e. The van der Waals surface area contributed by atoms with Crippen LogP contribution in [0, 0.1) is 5.41 Å². The second-order valence-corrected chi connectivity index (χ2v) is 8.68. The summed E-state index contributed by atoms with van der Waals surface area (Å²) in [5, 5.41) is 11.2. The highest BCUT2D eigenvalue weighted by atomic mass is 32.2. The van der Waals surface area contributed by atoms with Crippen molar-refractivity contribution in [3.8, 4) is 11.5 Å². The van der Waals surface area contributed by atoms with Gasteiger partial charge in [0.1, 0.15) is 12.4 Å². The van der Waals surface area contributed by atoms with Crippen molar-refractivity contribution in [2.45, 2.75) is 13.5 Å². The van der Waals surface area contributed by atoms with Gasteiger partial charge in [-0.05, 0) is 41.8 Å². The van der Waals surface area contributed by atoms with E-state index in [0.29, 0.717) is 29.9 Å². The molecule has 35 heavy (non-hydrogen) atoms. The number of carbonyl (C=O) groups is 1. The molecule has 2 aliphatic heterocycles. The molecule has 0 aliphatic carbocycles. The van der Waals surface area contributed by atoms with E-state index in [4.69, 9.17) is 14.9 Å². The highest BCUT2D eigenvalue weighted by molar-refractivity contribution is 8.17. The van der Waals surface area contributed by atoms with Gasteiger partial charge in [0.05, 0.1) is 17.9 Å². The molecule has 5 rings (SSSR count). The number of aliphatic imine (C=N–C) groups is 1. The van der Waals surface area contributed by atoms with E-state index < -0.39 is 5.91 Å². The maximum absolute atomic E-state index is 12.8. The molecule has 3 aromatic rings. The molecule has 174 valence electrons. The lowest BCUT2D eigenvalue weighted by molar-refractivity contribution is -0.114. The molecule has 0 unspecified atom stereocenters. The van der Waals surface area contributed by atoms with Crippen LogP contribution in [0.4, 0.5) is 0 Å². The van der Waals surface area contributed by atoms with Gasteiger partial charge in [-0.3, -0.25) is 15.1 Å². The Balaban J connectivity index is 1.42. The van der Waals surface area contributed by atoms with Gasteiger partial charge in [-0.2, -0.15) is 4.99 Å². The summed E-state index contributed by atoms with van der Waals surface area (Å²) in [6, 6.07) is 25.2. The van der Waals surface area contributed by atoms with Gasteiger partial charge in [0.25, 0.3) is 5.91 Å². The molecule has 2 aliphatic rings. The molecule has 0 bridgehead atoms. The van der Waals surface area contributed by atoms with Gasteiger partial charge in [0.15, 0.2) is 16.7 Å². The first kappa shape index (κ1) is 22.7. The normalized spacial score (nSPS) is 16.1. The first-order valence-electron chi connectivity index (χ1n) is 11.2. The van der Waals surface area contributed by atoms with Gasteiger partial charge in [0, 0.05) is 5.41 Å². The third-order valence-electron chi connectivity index (χ3n) is 5.50. The van der Waals surface area contributed by atoms with Crippen molar-refractivity contribution in [3.63, 3.8) is 0 Å². The number of benzene rings is 3. The lowest BCUT2D eigenvalue weighted by Gasteiger charge is -2.27. The van der Waals surface area contributed by atoms with Crippen LogP contribution in [-0.4, -0.2) is 28.4 Å². The largest absolute Gasteiger partial charge is 0.490 e. The zero-order valence-electron chi connectivity index (χ0n) is 19.1. The number of thioether (sulfide) groups is 1. The number of ether oxygens (including phenoxy) is 2. The quantitative estimate of drug-likeness (QED) is 0.421. The minimum Gasteiger partial charge on any atom is -0.490 e. The number of amidine groups is 2. The summed E-state index contributed by atoms with van der Waals surface area (Å²) in [5.74, 6) is 0.869. The second kappa shape index (κ2) is 10.0. The van der Waals surface area contributed by atoms with Crippen molar-refractivity contribution >= 4 is 40.4 Å². The van der Waals surface area contributed by atoms with E-state index in [1.807, 2.05) is 91.2 Å². The zero-order chi connectivity index (χ0) is 24.2. The van der Waals surface area contributed by atoms with Gasteiger partial charge >= 0.3 is 0 Å². The molecule has 6 nitrogen and oxygen atoms in total. The number of hydrogen-bond donors (Lipinski definition) is 1. The van der Waals surface area contributed by atoms with Crippen molar-refractivity contribution in [2.75, 3.05) is 6.61 Å². The van der Waals surface area contributed by atoms with E-state index in [0.717, 1.165) is 22.4 Å². The third kappa shape index (κ3) is 4.76. The smallest absolute Gasteiger partial charge is 0.283 e. The second-order valence-electron chi connectivity index (χ2n) is 7.84. The minimum absolute atomic E-state index is 0.0995. The molecular weight excluding hydrogens is 458 g/mol. The van der Waals surface area contributed by atoms with Crippen LogP contribution in [0.1, 0.15) is 23.6 Å². The molecule has 1 amide bonds. The van der Waals surface area contributed by atoms with Crippen LogP contribution in [0.15, 0.2) is 94.8 Å². The first-order chi connectivity index (χ1) is 17.1. The van der Waals surface area contributed by atoms with Gasteiger partial charge in [-0.15, -0.1) is 0 Å². The fourth-order valence-corrected chi connectivity index (χ4v) is 4.71. The Morgan fingerprint density at radius 1 is 0.971 bits per heavy atom. The average Bonchev–Trinajstić information content (AvgIpc) is 3.31. The number of nitrogens with zero attached hydrogens (tertiary/aromatic N) is 2. The Hall–Kier alpha value is -4.10. The van der Waals surface area contributed by atoms with E-state index in [1.54, 1.807) is 11.0 Å². The van der Waals surface area contributed by atoms with Crippen LogP contribution in [-0.2, 0) is 11.4 Å². The number of rotatable bonds is 7. The molecule has 0 aromatic heterocycles. The van der Waals surface area contributed by atoms with E-state index in [2.05, 4.69) is 4.99 Å². The first-order valence-corrected chi connectivity index (χ1v) is 12.1. The van der Waals surface area contributed by atoms with Crippen molar-refractivity contribution in [2.24, 2.45) is 4.99 Å². The predicted octanol–water partition coefficient (Wildman–Crippen LogP) is 5.97. The highest BCUT2D eigenvalue weighted by Gasteiger charge is 2.36. The molecule has 2 heterocycles. The van der Waals surface area contributed by atoms with Crippen LogP contribution in [0.3, 0.4) is 0 Å². The zero-order valence-corrected chi connectivity index (χ0v) is 19.9. The van der Waals surface area contributed by atoms with Crippen LogP contribution in [0.5, 0.6) is 11.5 Å².